The lowest BCUT2D eigenvalue weighted by Crippen LogP contribution is -2.21. The standard InChI is InChI=1S/C17H15Cl2NO3/c1-10-5-11(2)7-12(6-10)17(22)23-9-16(21)20-15-8-13(18)3-4-14(15)19/h3-8H,9H2,1-2H3,(H,20,21). The number of amides is 1. The van der Waals surface area contributed by atoms with E-state index in [9.17, 15) is 9.59 Å². The van der Waals surface area contributed by atoms with Gasteiger partial charge < -0.3 is 10.1 Å². The minimum absolute atomic E-state index is 0.350. The lowest BCUT2D eigenvalue weighted by molar-refractivity contribution is -0.119. The van der Waals surface area contributed by atoms with Crippen molar-refractivity contribution in [2.24, 2.45) is 0 Å². The van der Waals surface area contributed by atoms with Crippen molar-refractivity contribution in [1.82, 2.24) is 0 Å². The number of hydrogen-bond donors (Lipinski definition) is 1. The average Bonchev–Trinajstić information content (AvgIpc) is 2.47. The fourth-order valence-electron chi connectivity index (χ4n) is 2.09. The normalized spacial score (nSPS) is 10.3. The quantitative estimate of drug-likeness (QED) is 0.830. The predicted octanol–water partition coefficient (Wildman–Crippen LogP) is 4.41. The third kappa shape index (κ3) is 4.98. The summed E-state index contributed by atoms with van der Waals surface area (Å²) in [5, 5.41) is 3.34. The molecule has 0 unspecified atom stereocenters. The molecule has 23 heavy (non-hydrogen) atoms. The topological polar surface area (TPSA) is 55.4 Å². The summed E-state index contributed by atoms with van der Waals surface area (Å²) in [6.07, 6.45) is 0. The third-order valence-corrected chi connectivity index (χ3v) is 3.56. The summed E-state index contributed by atoms with van der Waals surface area (Å²) in [6.45, 7) is 3.37. The number of aryl methyl sites for hydroxylation is 2. The first-order chi connectivity index (χ1) is 10.8. The van der Waals surface area contributed by atoms with Gasteiger partial charge >= 0.3 is 5.97 Å². The van der Waals surface area contributed by atoms with Crippen LogP contribution in [0, 0.1) is 13.8 Å². The van der Waals surface area contributed by atoms with Crippen LogP contribution < -0.4 is 5.32 Å². The second kappa shape index (κ2) is 7.49. The lowest BCUT2D eigenvalue weighted by atomic mass is 10.1. The predicted molar refractivity (Wildman–Crippen MR) is 91.3 cm³/mol. The van der Waals surface area contributed by atoms with E-state index in [0.29, 0.717) is 21.3 Å². The zero-order valence-electron chi connectivity index (χ0n) is 12.7. The van der Waals surface area contributed by atoms with E-state index in [4.69, 9.17) is 27.9 Å². The summed E-state index contributed by atoms with van der Waals surface area (Å²) in [7, 11) is 0. The van der Waals surface area contributed by atoms with E-state index in [-0.39, 0.29) is 0 Å². The molecule has 0 heterocycles. The van der Waals surface area contributed by atoms with Crippen molar-refractivity contribution in [3.8, 4) is 0 Å². The number of rotatable bonds is 4. The van der Waals surface area contributed by atoms with E-state index in [1.807, 2.05) is 19.9 Å². The van der Waals surface area contributed by atoms with Crippen molar-refractivity contribution in [2.75, 3.05) is 11.9 Å². The minimum Gasteiger partial charge on any atom is -0.452 e. The summed E-state index contributed by atoms with van der Waals surface area (Å²) < 4.78 is 5.02. The van der Waals surface area contributed by atoms with Gasteiger partial charge in [0, 0.05) is 5.02 Å². The molecule has 0 aliphatic carbocycles. The molecule has 2 aromatic rings. The first-order valence-corrected chi connectivity index (χ1v) is 7.61. The van der Waals surface area contributed by atoms with Gasteiger partial charge in [0.05, 0.1) is 16.3 Å². The van der Waals surface area contributed by atoms with Crippen LogP contribution in [0.5, 0.6) is 0 Å². The average molecular weight is 352 g/mol. The van der Waals surface area contributed by atoms with Gasteiger partial charge in [0.15, 0.2) is 6.61 Å². The van der Waals surface area contributed by atoms with Crippen LogP contribution in [0.25, 0.3) is 0 Å². The number of carbonyl (C=O) groups excluding carboxylic acids is 2. The highest BCUT2D eigenvalue weighted by molar-refractivity contribution is 6.35. The van der Waals surface area contributed by atoms with E-state index in [1.54, 1.807) is 24.3 Å². The number of ether oxygens (including phenoxy) is 1. The van der Waals surface area contributed by atoms with Gasteiger partial charge in [-0.3, -0.25) is 4.79 Å². The summed E-state index contributed by atoms with van der Waals surface area (Å²) >= 11 is 11.8. The Labute approximate surface area is 144 Å². The molecule has 0 aliphatic heterocycles. The molecule has 4 nitrogen and oxygen atoms in total. The molecule has 0 fully saturated rings. The Hall–Kier alpha value is -2.04. The van der Waals surface area contributed by atoms with Crippen LogP contribution in [0.3, 0.4) is 0 Å². The van der Waals surface area contributed by atoms with Gasteiger partial charge in [-0.05, 0) is 44.2 Å². The highest BCUT2D eigenvalue weighted by Gasteiger charge is 2.12. The zero-order chi connectivity index (χ0) is 17.0. The number of benzene rings is 2. The molecule has 0 bridgehead atoms. The number of nitrogens with one attached hydrogen (secondary N) is 1. The second-order valence-electron chi connectivity index (χ2n) is 5.12. The van der Waals surface area contributed by atoms with Gasteiger partial charge in [-0.25, -0.2) is 4.79 Å². The van der Waals surface area contributed by atoms with Crippen molar-refractivity contribution >= 4 is 40.8 Å². The molecule has 0 aromatic heterocycles. The maximum absolute atomic E-state index is 12.0. The Morgan fingerprint density at radius 3 is 2.35 bits per heavy atom. The minimum atomic E-state index is -0.552. The first kappa shape index (κ1) is 17.3. The Morgan fingerprint density at radius 1 is 1.04 bits per heavy atom. The lowest BCUT2D eigenvalue weighted by Gasteiger charge is -2.09. The molecule has 0 aliphatic rings. The first-order valence-electron chi connectivity index (χ1n) is 6.85. The maximum Gasteiger partial charge on any atom is 0.338 e. The van der Waals surface area contributed by atoms with Crippen molar-refractivity contribution in [3.05, 3.63) is 63.1 Å². The smallest absolute Gasteiger partial charge is 0.338 e. The second-order valence-corrected chi connectivity index (χ2v) is 5.97. The van der Waals surface area contributed by atoms with Crippen LogP contribution >= 0.6 is 23.2 Å². The third-order valence-electron chi connectivity index (χ3n) is 2.99. The van der Waals surface area contributed by atoms with Gasteiger partial charge in [-0.1, -0.05) is 40.4 Å². The van der Waals surface area contributed by atoms with E-state index in [0.717, 1.165) is 11.1 Å². The fourth-order valence-corrected chi connectivity index (χ4v) is 2.42. The highest BCUT2D eigenvalue weighted by Crippen LogP contribution is 2.25. The molecule has 1 N–H and O–H groups in total. The van der Waals surface area contributed by atoms with Gasteiger partial charge in [0.1, 0.15) is 0 Å². The summed E-state index contributed by atoms with van der Waals surface area (Å²) in [6, 6.07) is 10.1. The van der Waals surface area contributed by atoms with Crippen molar-refractivity contribution in [3.63, 3.8) is 0 Å². The van der Waals surface area contributed by atoms with Gasteiger partial charge in [0.2, 0.25) is 0 Å². The largest absolute Gasteiger partial charge is 0.452 e. The maximum atomic E-state index is 12.0. The summed E-state index contributed by atoms with van der Waals surface area (Å²) in [5.74, 6) is -1.05. The molecule has 6 heteroatoms. The van der Waals surface area contributed by atoms with Crippen molar-refractivity contribution in [2.45, 2.75) is 13.8 Å². The Morgan fingerprint density at radius 2 is 1.70 bits per heavy atom. The van der Waals surface area contributed by atoms with Crippen LogP contribution in [-0.4, -0.2) is 18.5 Å². The van der Waals surface area contributed by atoms with E-state index in [1.165, 1.54) is 6.07 Å². The number of hydrogen-bond acceptors (Lipinski definition) is 3. The Bertz CT molecular complexity index is 739. The molecule has 2 rings (SSSR count). The van der Waals surface area contributed by atoms with Crippen LogP contribution in [0.2, 0.25) is 10.0 Å². The molecule has 0 atom stereocenters. The molecule has 120 valence electrons. The van der Waals surface area contributed by atoms with Crippen molar-refractivity contribution < 1.29 is 14.3 Å². The van der Waals surface area contributed by atoms with Gasteiger partial charge in [-0.15, -0.1) is 0 Å². The fraction of sp³-hybridized carbons (Fsp3) is 0.176. The van der Waals surface area contributed by atoms with E-state index < -0.39 is 18.5 Å². The SMILES string of the molecule is Cc1cc(C)cc(C(=O)OCC(=O)Nc2cc(Cl)ccc2Cl)c1. The summed E-state index contributed by atoms with van der Waals surface area (Å²) in [5.41, 5.74) is 2.68. The Balaban J connectivity index is 1.96. The van der Waals surface area contributed by atoms with Crippen LogP contribution in [0.15, 0.2) is 36.4 Å². The molecule has 0 spiro atoms. The number of carbonyl (C=O) groups is 2. The summed E-state index contributed by atoms with van der Waals surface area (Å²) in [4.78, 5) is 23.8. The number of esters is 1. The molecule has 2 aromatic carbocycles. The van der Waals surface area contributed by atoms with Crippen molar-refractivity contribution in [1.29, 1.82) is 0 Å². The van der Waals surface area contributed by atoms with Gasteiger partial charge in [0.25, 0.3) is 5.91 Å². The molecular formula is C17H15Cl2NO3. The molecule has 1 amide bonds. The van der Waals surface area contributed by atoms with Crippen LogP contribution in [0.1, 0.15) is 21.5 Å². The zero-order valence-corrected chi connectivity index (χ0v) is 14.2. The molecule has 0 radical (unpaired) electrons. The Kier molecular flexibility index (Phi) is 5.64. The highest BCUT2D eigenvalue weighted by atomic mass is 35.5. The van der Waals surface area contributed by atoms with E-state index in [2.05, 4.69) is 5.32 Å². The van der Waals surface area contributed by atoms with Gasteiger partial charge in [-0.2, -0.15) is 0 Å². The number of anilines is 1. The molecular weight excluding hydrogens is 337 g/mol. The van der Waals surface area contributed by atoms with E-state index >= 15 is 0 Å². The molecule has 0 saturated carbocycles. The molecule has 0 saturated heterocycles. The van der Waals surface area contributed by atoms with Crippen LogP contribution in [-0.2, 0) is 9.53 Å². The van der Waals surface area contributed by atoms with Crippen LogP contribution in [0.4, 0.5) is 5.69 Å². The number of halogens is 2. The monoisotopic (exact) mass is 351 g/mol.